The first-order chi connectivity index (χ1) is 15.5. The van der Waals surface area contributed by atoms with E-state index < -0.39 is 0 Å². The summed E-state index contributed by atoms with van der Waals surface area (Å²) in [6.45, 7) is 3.79. The number of nitrogens with zero attached hydrogens (tertiary/aromatic N) is 3. The van der Waals surface area contributed by atoms with E-state index in [0.29, 0.717) is 11.3 Å². The quantitative estimate of drug-likeness (QED) is 0.507. The normalized spacial score (nSPS) is 15.3. The van der Waals surface area contributed by atoms with E-state index in [1.807, 2.05) is 37.4 Å². The van der Waals surface area contributed by atoms with Crippen LogP contribution in [0.25, 0.3) is 28.0 Å². The smallest absolute Gasteiger partial charge is 0.253 e. The van der Waals surface area contributed by atoms with Crippen LogP contribution < -0.4 is 5.32 Å². The minimum Gasteiger partial charge on any atom is -0.349 e. The number of pyridine rings is 1. The monoisotopic (exact) mass is 431 g/mol. The molecule has 0 saturated carbocycles. The van der Waals surface area contributed by atoms with E-state index >= 15 is 0 Å². The van der Waals surface area contributed by atoms with Gasteiger partial charge in [0, 0.05) is 35.6 Å². The van der Waals surface area contributed by atoms with Crippen molar-refractivity contribution >= 4 is 16.9 Å². The largest absolute Gasteiger partial charge is 0.349 e. The Kier molecular flexibility index (Phi) is 5.27. The Hall–Kier alpha value is -3.45. The van der Waals surface area contributed by atoms with Crippen LogP contribution in [0.4, 0.5) is 4.39 Å². The van der Waals surface area contributed by atoms with Crippen LogP contribution >= 0.6 is 0 Å². The van der Waals surface area contributed by atoms with E-state index in [4.69, 9.17) is 0 Å². The molecular formula is C25H26FN5O. The fourth-order valence-electron chi connectivity index (χ4n) is 4.41. The van der Waals surface area contributed by atoms with Crippen molar-refractivity contribution in [3.63, 3.8) is 0 Å². The molecule has 164 valence electrons. The van der Waals surface area contributed by atoms with E-state index in [1.54, 1.807) is 23.0 Å². The average Bonchev–Trinajstić information content (AvgIpc) is 3.42. The molecule has 0 atom stereocenters. The number of fused-ring (bicyclic) bond motifs is 1. The molecule has 4 heterocycles. The van der Waals surface area contributed by atoms with Gasteiger partial charge in [-0.05, 0) is 75.8 Å². The number of aromatic nitrogens is 3. The lowest BCUT2D eigenvalue weighted by molar-refractivity contribution is 0.0917. The van der Waals surface area contributed by atoms with Crippen LogP contribution in [0.3, 0.4) is 0 Å². The zero-order valence-corrected chi connectivity index (χ0v) is 18.2. The molecule has 1 amide bonds. The Bertz CT molecular complexity index is 1280. The number of H-pyrrole nitrogens is 1. The van der Waals surface area contributed by atoms with Crippen molar-refractivity contribution in [3.05, 3.63) is 71.9 Å². The van der Waals surface area contributed by atoms with E-state index in [-0.39, 0.29) is 17.8 Å². The van der Waals surface area contributed by atoms with Crippen molar-refractivity contribution in [2.45, 2.75) is 25.8 Å². The van der Waals surface area contributed by atoms with Gasteiger partial charge in [0.25, 0.3) is 5.91 Å². The Balaban J connectivity index is 1.58. The third-order valence-electron chi connectivity index (χ3n) is 6.23. The molecule has 1 aliphatic heterocycles. The van der Waals surface area contributed by atoms with Gasteiger partial charge < -0.3 is 19.8 Å². The first kappa shape index (κ1) is 20.5. The van der Waals surface area contributed by atoms with Crippen molar-refractivity contribution in [3.8, 4) is 16.9 Å². The zero-order chi connectivity index (χ0) is 22.2. The highest BCUT2D eigenvalue weighted by Crippen LogP contribution is 2.32. The maximum Gasteiger partial charge on any atom is 0.253 e. The highest BCUT2D eigenvalue weighted by atomic mass is 19.1. The van der Waals surface area contributed by atoms with E-state index in [0.717, 1.165) is 53.8 Å². The molecule has 1 fully saturated rings. The summed E-state index contributed by atoms with van der Waals surface area (Å²) in [6.07, 6.45) is 7.13. The fourth-order valence-corrected chi connectivity index (χ4v) is 4.41. The van der Waals surface area contributed by atoms with Crippen LogP contribution in [0, 0.1) is 12.7 Å². The van der Waals surface area contributed by atoms with Gasteiger partial charge in [-0.2, -0.15) is 0 Å². The second kappa shape index (κ2) is 8.24. The number of aryl methyl sites for hydroxylation is 1. The molecule has 32 heavy (non-hydrogen) atoms. The molecule has 0 radical (unpaired) electrons. The Labute approximate surface area is 186 Å². The molecule has 1 aromatic carbocycles. The lowest BCUT2D eigenvalue weighted by atomic mass is 10.1. The molecule has 4 aromatic rings. The number of amides is 1. The Morgan fingerprint density at radius 3 is 2.78 bits per heavy atom. The summed E-state index contributed by atoms with van der Waals surface area (Å²) in [6, 6.07) is 11.0. The first-order valence-electron chi connectivity index (χ1n) is 10.9. The number of benzene rings is 1. The summed E-state index contributed by atoms with van der Waals surface area (Å²) < 4.78 is 16.7. The summed E-state index contributed by atoms with van der Waals surface area (Å²) >= 11 is 0. The van der Waals surface area contributed by atoms with Crippen molar-refractivity contribution < 1.29 is 9.18 Å². The molecule has 5 rings (SSSR count). The number of halogens is 1. The summed E-state index contributed by atoms with van der Waals surface area (Å²) in [5.74, 6) is -0.463. The fraction of sp³-hybridized carbons (Fsp3) is 0.280. The van der Waals surface area contributed by atoms with Gasteiger partial charge in [0.1, 0.15) is 11.5 Å². The predicted molar refractivity (Wildman–Crippen MR) is 124 cm³/mol. The standard InChI is InChI=1S/C25H26FN5O/c1-16-3-4-22(21(26)13-16)31-15-17(25(32)29-18-7-11-30(2)12-8-18)14-23(31)19-5-9-27-24-20(19)6-10-28-24/h3-6,9-10,13-15,18H,7-8,11-12H2,1-2H3,(H,27,28)(H,29,32). The van der Waals surface area contributed by atoms with E-state index in [2.05, 4.69) is 27.2 Å². The molecule has 3 aromatic heterocycles. The molecule has 0 aliphatic carbocycles. The molecule has 6 nitrogen and oxygen atoms in total. The zero-order valence-electron chi connectivity index (χ0n) is 18.2. The number of hydrogen-bond acceptors (Lipinski definition) is 3. The molecule has 1 saturated heterocycles. The Morgan fingerprint density at radius 1 is 1.19 bits per heavy atom. The number of carbonyl (C=O) groups is 1. The van der Waals surface area contributed by atoms with Crippen molar-refractivity contribution in [2.75, 3.05) is 20.1 Å². The summed E-state index contributed by atoms with van der Waals surface area (Å²) in [7, 11) is 2.09. The van der Waals surface area contributed by atoms with Crippen LogP contribution in [-0.2, 0) is 0 Å². The molecule has 2 N–H and O–H groups in total. The minimum absolute atomic E-state index is 0.133. The van der Waals surface area contributed by atoms with Gasteiger partial charge in [0.05, 0.1) is 16.9 Å². The van der Waals surface area contributed by atoms with Gasteiger partial charge in [-0.15, -0.1) is 0 Å². The Morgan fingerprint density at radius 2 is 2.00 bits per heavy atom. The number of piperidine rings is 1. The highest BCUT2D eigenvalue weighted by molar-refractivity contribution is 5.98. The van der Waals surface area contributed by atoms with Crippen LogP contribution in [0.5, 0.6) is 0 Å². The lowest BCUT2D eigenvalue weighted by Gasteiger charge is -2.29. The predicted octanol–water partition coefficient (Wildman–Crippen LogP) is 4.29. The second-order valence-electron chi connectivity index (χ2n) is 8.59. The SMILES string of the molecule is Cc1ccc(-n2cc(C(=O)NC3CCN(C)CC3)cc2-c2ccnc3[nH]ccc23)c(F)c1. The maximum atomic E-state index is 15.0. The van der Waals surface area contributed by atoms with Gasteiger partial charge in [0.15, 0.2) is 0 Å². The third kappa shape index (κ3) is 3.80. The molecule has 0 spiro atoms. The van der Waals surface area contributed by atoms with Gasteiger partial charge >= 0.3 is 0 Å². The third-order valence-corrected chi connectivity index (χ3v) is 6.23. The molecule has 1 aliphatic rings. The van der Waals surface area contributed by atoms with Crippen LogP contribution in [-0.4, -0.2) is 51.5 Å². The topological polar surface area (TPSA) is 66.0 Å². The van der Waals surface area contributed by atoms with Gasteiger partial charge in [-0.1, -0.05) is 6.07 Å². The summed E-state index contributed by atoms with van der Waals surface area (Å²) in [4.78, 5) is 22.9. The summed E-state index contributed by atoms with van der Waals surface area (Å²) in [5, 5.41) is 4.08. The van der Waals surface area contributed by atoms with E-state index in [9.17, 15) is 9.18 Å². The van der Waals surface area contributed by atoms with Gasteiger partial charge in [0.2, 0.25) is 0 Å². The number of rotatable bonds is 4. The van der Waals surface area contributed by atoms with Crippen LogP contribution in [0.2, 0.25) is 0 Å². The maximum absolute atomic E-state index is 15.0. The number of aromatic amines is 1. The minimum atomic E-state index is -0.330. The number of likely N-dealkylation sites (tertiary alicyclic amines) is 1. The molecular weight excluding hydrogens is 405 g/mol. The van der Waals surface area contributed by atoms with Gasteiger partial charge in [-0.25, -0.2) is 9.37 Å². The van der Waals surface area contributed by atoms with Crippen molar-refractivity contribution in [2.24, 2.45) is 0 Å². The number of nitrogens with one attached hydrogen (secondary N) is 2. The van der Waals surface area contributed by atoms with Crippen LogP contribution in [0.1, 0.15) is 28.8 Å². The molecule has 0 unspecified atom stereocenters. The van der Waals surface area contributed by atoms with Crippen LogP contribution in [0.15, 0.2) is 55.0 Å². The first-order valence-corrected chi connectivity index (χ1v) is 10.9. The number of hydrogen-bond donors (Lipinski definition) is 2. The molecule has 0 bridgehead atoms. The van der Waals surface area contributed by atoms with E-state index in [1.165, 1.54) is 6.07 Å². The highest BCUT2D eigenvalue weighted by Gasteiger charge is 2.22. The average molecular weight is 432 g/mol. The summed E-state index contributed by atoms with van der Waals surface area (Å²) in [5.41, 5.74) is 4.14. The van der Waals surface area contributed by atoms with Crippen molar-refractivity contribution in [1.29, 1.82) is 0 Å². The number of carbonyl (C=O) groups excluding carboxylic acids is 1. The lowest BCUT2D eigenvalue weighted by Crippen LogP contribution is -2.43. The second-order valence-corrected chi connectivity index (χ2v) is 8.59. The van der Waals surface area contributed by atoms with Crippen molar-refractivity contribution in [1.82, 2.24) is 24.8 Å². The van der Waals surface area contributed by atoms with Gasteiger partial charge in [-0.3, -0.25) is 4.79 Å². The molecule has 7 heteroatoms.